The van der Waals surface area contributed by atoms with Crippen molar-refractivity contribution in [2.45, 2.75) is 71.1 Å². The third-order valence-corrected chi connectivity index (χ3v) is 3.06. The molecule has 0 aliphatic heterocycles. The predicted octanol–water partition coefficient (Wildman–Crippen LogP) is 4.00. The Bertz CT molecular complexity index is 295. The van der Waals surface area contributed by atoms with Gasteiger partial charge in [0.25, 0.3) is 0 Å². The quantitative estimate of drug-likeness (QED) is 0.415. The van der Waals surface area contributed by atoms with Gasteiger partial charge < -0.3 is 10.2 Å². The van der Waals surface area contributed by atoms with Gasteiger partial charge in [-0.2, -0.15) is 0 Å². The zero-order chi connectivity index (χ0) is 14.5. The molecule has 0 rings (SSSR count). The number of carboxylic acid groups (broad SMARTS) is 2. The smallest absolute Gasteiger partial charge is 0.331 e. The number of allylic oxidation sites excluding steroid dienone is 1. The summed E-state index contributed by atoms with van der Waals surface area (Å²) in [5.41, 5.74) is 0.356. The fourth-order valence-corrected chi connectivity index (χ4v) is 1.93. The summed E-state index contributed by atoms with van der Waals surface area (Å²) in [6.07, 6.45) is 10.4. The van der Waals surface area contributed by atoms with Crippen molar-refractivity contribution in [3.8, 4) is 0 Å². The van der Waals surface area contributed by atoms with E-state index < -0.39 is 11.9 Å². The van der Waals surface area contributed by atoms with Gasteiger partial charge in [0.15, 0.2) is 0 Å². The molecular formula is C15H26O4. The van der Waals surface area contributed by atoms with Gasteiger partial charge in [-0.25, -0.2) is 4.79 Å². The molecule has 0 aromatic heterocycles. The molecule has 0 radical (unpaired) electrons. The highest BCUT2D eigenvalue weighted by molar-refractivity contribution is 5.86. The van der Waals surface area contributed by atoms with Gasteiger partial charge in [0.05, 0.1) is 0 Å². The van der Waals surface area contributed by atoms with Gasteiger partial charge in [-0.05, 0) is 25.7 Å². The van der Waals surface area contributed by atoms with Crippen LogP contribution < -0.4 is 0 Å². The lowest BCUT2D eigenvalue weighted by atomic mass is 10.0. The second-order valence-corrected chi connectivity index (χ2v) is 4.84. The van der Waals surface area contributed by atoms with Gasteiger partial charge in [-0.3, -0.25) is 4.79 Å². The zero-order valence-corrected chi connectivity index (χ0v) is 11.9. The topological polar surface area (TPSA) is 74.6 Å². The summed E-state index contributed by atoms with van der Waals surface area (Å²) in [5.74, 6) is -1.79. The van der Waals surface area contributed by atoms with Crippen molar-refractivity contribution in [1.82, 2.24) is 0 Å². The molecule has 2 N–H and O–H groups in total. The largest absolute Gasteiger partial charge is 0.481 e. The van der Waals surface area contributed by atoms with E-state index in [1.807, 2.05) is 0 Å². The molecule has 0 heterocycles. The SMILES string of the molecule is CCCCCCCCC=C(CCCC(=O)O)C(=O)O. The zero-order valence-electron chi connectivity index (χ0n) is 11.9. The highest BCUT2D eigenvalue weighted by Crippen LogP contribution is 2.12. The number of unbranched alkanes of at least 4 members (excludes halogenated alkanes) is 6. The number of hydrogen-bond donors (Lipinski definition) is 2. The number of carboxylic acids is 2. The summed E-state index contributed by atoms with van der Waals surface area (Å²) in [5, 5.41) is 17.5. The van der Waals surface area contributed by atoms with E-state index in [0.29, 0.717) is 18.4 Å². The Morgan fingerprint density at radius 2 is 1.53 bits per heavy atom. The van der Waals surface area contributed by atoms with Crippen LogP contribution in [-0.4, -0.2) is 22.2 Å². The molecule has 0 saturated heterocycles. The first kappa shape index (κ1) is 17.7. The lowest BCUT2D eigenvalue weighted by Crippen LogP contribution is -2.02. The van der Waals surface area contributed by atoms with Crippen LogP contribution in [-0.2, 0) is 9.59 Å². The van der Waals surface area contributed by atoms with Crippen molar-refractivity contribution in [3.63, 3.8) is 0 Å². The van der Waals surface area contributed by atoms with Crippen molar-refractivity contribution in [1.29, 1.82) is 0 Å². The van der Waals surface area contributed by atoms with E-state index >= 15 is 0 Å². The van der Waals surface area contributed by atoms with Gasteiger partial charge >= 0.3 is 11.9 Å². The van der Waals surface area contributed by atoms with Crippen molar-refractivity contribution in [3.05, 3.63) is 11.6 Å². The van der Waals surface area contributed by atoms with Crippen LogP contribution in [0, 0.1) is 0 Å². The summed E-state index contributed by atoms with van der Waals surface area (Å²) < 4.78 is 0. The van der Waals surface area contributed by atoms with Crippen molar-refractivity contribution < 1.29 is 19.8 Å². The fourth-order valence-electron chi connectivity index (χ4n) is 1.93. The van der Waals surface area contributed by atoms with Crippen LogP contribution >= 0.6 is 0 Å². The first-order valence-corrected chi connectivity index (χ1v) is 7.22. The van der Waals surface area contributed by atoms with Crippen LogP contribution in [0.3, 0.4) is 0 Å². The maximum absolute atomic E-state index is 11.0. The Morgan fingerprint density at radius 1 is 0.895 bits per heavy atom. The highest BCUT2D eigenvalue weighted by atomic mass is 16.4. The molecule has 0 fully saturated rings. The molecule has 0 aromatic rings. The summed E-state index contributed by atoms with van der Waals surface area (Å²) >= 11 is 0. The number of hydrogen-bond acceptors (Lipinski definition) is 2. The molecule has 0 aromatic carbocycles. The lowest BCUT2D eigenvalue weighted by Gasteiger charge is -2.02. The van der Waals surface area contributed by atoms with Crippen LogP contribution in [0.4, 0.5) is 0 Å². The molecule has 4 heteroatoms. The van der Waals surface area contributed by atoms with Crippen LogP contribution in [0.1, 0.15) is 71.1 Å². The standard InChI is InChI=1S/C15H26O4/c1-2-3-4-5-6-7-8-10-13(15(18)19)11-9-12-14(16)17/h10H,2-9,11-12H2,1H3,(H,16,17)(H,18,19). The normalized spacial score (nSPS) is 11.5. The maximum Gasteiger partial charge on any atom is 0.331 e. The van der Waals surface area contributed by atoms with Crippen molar-refractivity contribution in [2.24, 2.45) is 0 Å². The Morgan fingerprint density at radius 3 is 2.11 bits per heavy atom. The van der Waals surface area contributed by atoms with E-state index in [1.54, 1.807) is 6.08 Å². The second kappa shape index (κ2) is 11.8. The fraction of sp³-hybridized carbons (Fsp3) is 0.733. The molecule has 19 heavy (non-hydrogen) atoms. The summed E-state index contributed by atoms with van der Waals surface area (Å²) in [7, 11) is 0. The minimum atomic E-state index is -0.920. The van der Waals surface area contributed by atoms with E-state index in [9.17, 15) is 9.59 Å². The molecule has 0 aliphatic carbocycles. The van der Waals surface area contributed by atoms with Gasteiger partial charge in [0.1, 0.15) is 0 Å². The van der Waals surface area contributed by atoms with Gasteiger partial charge in [-0.1, -0.05) is 45.1 Å². The highest BCUT2D eigenvalue weighted by Gasteiger charge is 2.07. The van der Waals surface area contributed by atoms with E-state index in [4.69, 9.17) is 10.2 Å². The third-order valence-electron chi connectivity index (χ3n) is 3.06. The van der Waals surface area contributed by atoms with Crippen molar-refractivity contribution in [2.75, 3.05) is 0 Å². The Balaban J connectivity index is 3.80. The molecular weight excluding hydrogens is 244 g/mol. The molecule has 0 bridgehead atoms. The molecule has 4 nitrogen and oxygen atoms in total. The molecule has 0 unspecified atom stereocenters. The predicted molar refractivity (Wildman–Crippen MR) is 75.2 cm³/mol. The molecule has 0 saturated carbocycles. The summed E-state index contributed by atoms with van der Waals surface area (Å²) in [4.78, 5) is 21.3. The first-order valence-electron chi connectivity index (χ1n) is 7.22. The minimum absolute atomic E-state index is 0.0294. The molecule has 0 amide bonds. The second-order valence-electron chi connectivity index (χ2n) is 4.84. The van der Waals surface area contributed by atoms with E-state index in [1.165, 1.54) is 25.7 Å². The average Bonchev–Trinajstić information content (AvgIpc) is 2.34. The van der Waals surface area contributed by atoms with Gasteiger partial charge in [0, 0.05) is 12.0 Å². The van der Waals surface area contributed by atoms with Crippen LogP contribution in [0.15, 0.2) is 11.6 Å². The number of aliphatic carboxylic acids is 2. The molecule has 0 spiro atoms. The van der Waals surface area contributed by atoms with Gasteiger partial charge in [-0.15, -0.1) is 0 Å². The van der Waals surface area contributed by atoms with Gasteiger partial charge in [0.2, 0.25) is 0 Å². The molecule has 0 aliphatic rings. The van der Waals surface area contributed by atoms with E-state index in [0.717, 1.165) is 19.3 Å². The first-order chi connectivity index (χ1) is 9.07. The number of rotatable bonds is 12. The molecule has 110 valence electrons. The molecule has 0 atom stereocenters. The summed E-state index contributed by atoms with van der Waals surface area (Å²) in [6, 6.07) is 0. The Hall–Kier alpha value is -1.32. The van der Waals surface area contributed by atoms with E-state index in [2.05, 4.69) is 6.92 Å². The number of carbonyl (C=O) groups is 2. The maximum atomic E-state index is 11.0. The minimum Gasteiger partial charge on any atom is -0.481 e. The van der Waals surface area contributed by atoms with Crippen LogP contribution in [0.2, 0.25) is 0 Å². The third kappa shape index (κ3) is 11.5. The Labute approximate surface area is 115 Å². The summed E-state index contributed by atoms with van der Waals surface area (Å²) in [6.45, 7) is 2.18. The Kier molecular flexibility index (Phi) is 10.9. The van der Waals surface area contributed by atoms with Crippen LogP contribution in [0.25, 0.3) is 0 Å². The average molecular weight is 270 g/mol. The van der Waals surface area contributed by atoms with Crippen LogP contribution in [0.5, 0.6) is 0 Å². The monoisotopic (exact) mass is 270 g/mol. The van der Waals surface area contributed by atoms with Crippen molar-refractivity contribution >= 4 is 11.9 Å². The lowest BCUT2D eigenvalue weighted by molar-refractivity contribution is -0.137. The van der Waals surface area contributed by atoms with E-state index in [-0.39, 0.29) is 6.42 Å².